The summed E-state index contributed by atoms with van der Waals surface area (Å²) >= 11 is 0. The molecule has 1 amide bonds. The molecule has 1 aromatic rings. The van der Waals surface area contributed by atoms with Gasteiger partial charge >= 0.3 is 0 Å². The van der Waals surface area contributed by atoms with Gasteiger partial charge in [-0.2, -0.15) is 0 Å². The number of carbonyl (C=O) groups is 1. The molecule has 0 aliphatic heterocycles. The van der Waals surface area contributed by atoms with Gasteiger partial charge in [0.25, 0.3) is 5.56 Å². The summed E-state index contributed by atoms with van der Waals surface area (Å²) in [5.41, 5.74) is 5.91. The smallest absolute Gasteiger partial charge is 0.251 e. The number of amides is 1. The van der Waals surface area contributed by atoms with Crippen LogP contribution in [0.2, 0.25) is 0 Å². The van der Waals surface area contributed by atoms with Gasteiger partial charge in [-0.3, -0.25) is 9.59 Å². The molecule has 0 atom stereocenters. The van der Waals surface area contributed by atoms with Crippen LogP contribution in [0.1, 0.15) is 13.3 Å². The molecule has 0 saturated heterocycles. The van der Waals surface area contributed by atoms with Crippen LogP contribution in [0.3, 0.4) is 0 Å². The summed E-state index contributed by atoms with van der Waals surface area (Å²) in [4.78, 5) is 27.8. The molecular formula is C14H24N4O2. The van der Waals surface area contributed by atoms with E-state index in [1.807, 2.05) is 25.9 Å². The topological polar surface area (TPSA) is 71.6 Å². The highest BCUT2D eigenvalue weighted by Gasteiger charge is 2.14. The number of pyridine rings is 1. The number of hydrogen-bond acceptors (Lipinski definition) is 4. The molecule has 0 unspecified atom stereocenters. The minimum absolute atomic E-state index is 0.0390. The molecule has 0 aliphatic rings. The lowest BCUT2D eigenvalue weighted by atomic mass is 10.3. The van der Waals surface area contributed by atoms with Crippen LogP contribution in [-0.2, 0) is 11.3 Å². The van der Waals surface area contributed by atoms with Gasteiger partial charge in [0.2, 0.25) is 5.91 Å². The van der Waals surface area contributed by atoms with E-state index in [2.05, 4.69) is 0 Å². The number of anilines is 1. The molecule has 1 aromatic heterocycles. The van der Waals surface area contributed by atoms with Crippen molar-refractivity contribution >= 4 is 11.6 Å². The summed E-state index contributed by atoms with van der Waals surface area (Å²) < 4.78 is 1.36. The maximum Gasteiger partial charge on any atom is 0.251 e. The highest BCUT2D eigenvalue weighted by molar-refractivity contribution is 5.76. The fourth-order valence-corrected chi connectivity index (χ4v) is 1.87. The van der Waals surface area contributed by atoms with E-state index in [1.54, 1.807) is 11.0 Å². The van der Waals surface area contributed by atoms with Crippen molar-refractivity contribution < 1.29 is 4.79 Å². The Labute approximate surface area is 119 Å². The zero-order valence-electron chi connectivity index (χ0n) is 12.5. The lowest BCUT2D eigenvalue weighted by molar-refractivity contribution is -0.132. The number of likely N-dealkylation sites (N-methyl/N-ethyl adjacent to an activating group) is 1. The molecule has 0 fully saturated rings. The lowest BCUT2D eigenvalue weighted by Crippen LogP contribution is -2.40. The number of nitrogens with zero attached hydrogens (tertiary/aromatic N) is 3. The van der Waals surface area contributed by atoms with E-state index >= 15 is 0 Å². The van der Waals surface area contributed by atoms with Crippen LogP contribution in [0.15, 0.2) is 23.1 Å². The van der Waals surface area contributed by atoms with Crippen molar-refractivity contribution in [1.29, 1.82) is 0 Å². The number of nitrogen functional groups attached to an aromatic ring is 1. The van der Waals surface area contributed by atoms with Crippen molar-refractivity contribution in [2.75, 3.05) is 39.5 Å². The number of aromatic nitrogens is 1. The molecule has 2 N–H and O–H groups in total. The van der Waals surface area contributed by atoms with Crippen molar-refractivity contribution in [3.05, 3.63) is 28.7 Å². The first kappa shape index (κ1) is 16.2. The van der Waals surface area contributed by atoms with Crippen LogP contribution in [-0.4, -0.2) is 54.0 Å². The molecule has 0 spiro atoms. The van der Waals surface area contributed by atoms with Crippen LogP contribution in [0.5, 0.6) is 0 Å². The maximum atomic E-state index is 12.3. The highest BCUT2D eigenvalue weighted by Crippen LogP contribution is 1.99. The van der Waals surface area contributed by atoms with Crippen LogP contribution in [0.4, 0.5) is 5.69 Å². The molecular weight excluding hydrogens is 256 g/mol. The Balaban J connectivity index is 2.74. The Morgan fingerprint density at radius 1 is 1.25 bits per heavy atom. The van der Waals surface area contributed by atoms with Gasteiger partial charge in [-0.15, -0.1) is 0 Å². The zero-order chi connectivity index (χ0) is 15.1. The van der Waals surface area contributed by atoms with Gasteiger partial charge in [0.15, 0.2) is 0 Å². The van der Waals surface area contributed by atoms with Crippen molar-refractivity contribution in [2.45, 2.75) is 19.9 Å². The van der Waals surface area contributed by atoms with Gasteiger partial charge in [0, 0.05) is 37.6 Å². The van der Waals surface area contributed by atoms with Crippen molar-refractivity contribution in [3.63, 3.8) is 0 Å². The first-order valence-electron chi connectivity index (χ1n) is 6.82. The molecule has 20 heavy (non-hydrogen) atoms. The van der Waals surface area contributed by atoms with Crippen LogP contribution in [0, 0.1) is 0 Å². The molecule has 0 saturated carbocycles. The van der Waals surface area contributed by atoms with E-state index in [1.165, 1.54) is 16.8 Å². The third kappa shape index (κ3) is 5.05. The number of nitrogens with two attached hydrogens (primary N) is 1. The summed E-state index contributed by atoms with van der Waals surface area (Å²) in [5.74, 6) is -0.0543. The van der Waals surface area contributed by atoms with E-state index in [-0.39, 0.29) is 18.0 Å². The summed E-state index contributed by atoms with van der Waals surface area (Å²) in [6, 6.07) is 2.92. The van der Waals surface area contributed by atoms with Gasteiger partial charge in [0.05, 0.1) is 0 Å². The highest BCUT2D eigenvalue weighted by atomic mass is 16.2. The van der Waals surface area contributed by atoms with Crippen molar-refractivity contribution in [3.8, 4) is 0 Å². The quantitative estimate of drug-likeness (QED) is 0.776. The van der Waals surface area contributed by atoms with Crippen molar-refractivity contribution in [1.82, 2.24) is 14.4 Å². The number of carbonyl (C=O) groups excluding carboxylic acids is 1. The number of rotatable bonds is 7. The first-order valence-corrected chi connectivity index (χ1v) is 6.82. The Morgan fingerprint density at radius 2 is 1.95 bits per heavy atom. The summed E-state index contributed by atoms with van der Waals surface area (Å²) in [7, 11) is 3.94. The van der Waals surface area contributed by atoms with E-state index < -0.39 is 0 Å². The van der Waals surface area contributed by atoms with Crippen LogP contribution in [0.25, 0.3) is 0 Å². The van der Waals surface area contributed by atoms with Gasteiger partial charge < -0.3 is 20.1 Å². The Bertz CT molecular complexity index is 496. The second-order valence-electron chi connectivity index (χ2n) is 5.11. The molecule has 6 heteroatoms. The Kier molecular flexibility index (Phi) is 6.24. The molecule has 112 valence electrons. The normalized spacial score (nSPS) is 10.8. The average Bonchev–Trinajstić information content (AvgIpc) is 2.38. The first-order chi connectivity index (χ1) is 9.43. The standard InChI is InChI=1S/C14H24N4O2/c1-4-7-17(9-8-16(2)3)14(20)11-18-10-12(15)5-6-13(18)19/h5-6,10H,4,7-9,11,15H2,1-3H3. The monoisotopic (exact) mass is 280 g/mol. The van der Waals surface area contributed by atoms with E-state index in [0.29, 0.717) is 18.8 Å². The minimum atomic E-state index is -0.211. The molecule has 6 nitrogen and oxygen atoms in total. The van der Waals surface area contributed by atoms with Gasteiger partial charge in [0.1, 0.15) is 6.54 Å². The summed E-state index contributed by atoms with van der Waals surface area (Å²) in [6.07, 6.45) is 2.40. The largest absolute Gasteiger partial charge is 0.398 e. The molecule has 0 bridgehead atoms. The Morgan fingerprint density at radius 3 is 2.55 bits per heavy atom. The van der Waals surface area contributed by atoms with E-state index in [9.17, 15) is 9.59 Å². The van der Waals surface area contributed by atoms with Crippen LogP contribution < -0.4 is 11.3 Å². The third-order valence-corrected chi connectivity index (χ3v) is 2.98. The number of hydrogen-bond donors (Lipinski definition) is 1. The minimum Gasteiger partial charge on any atom is -0.398 e. The average molecular weight is 280 g/mol. The SMILES string of the molecule is CCCN(CCN(C)C)C(=O)Cn1cc(N)ccc1=O. The maximum absolute atomic E-state index is 12.3. The fourth-order valence-electron chi connectivity index (χ4n) is 1.87. The third-order valence-electron chi connectivity index (χ3n) is 2.98. The Hall–Kier alpha value is -1.82. The predicted octanol–water partition coefficient (Wildman–Crippen LogP) is 0.231. The summed E-state index contributed by atoms with van der Waals surface area (Å²) in [6.45, 7) is 4.23. The van der Waals surface area contributed by atoms with Gasteiger partial charge in [-0.25, -0.2) is 0 Å². The van der Waals surface area contributed by atoms with Crippen molar-refractivity contribution in [2.24, 2.45) is 0 Å². The second-order valence-corrected chi connectivity index (χ2v) is 5.11. The zero-order valence-corrected chi connectivity index (χ0v) is 12.5. The molecule has 0 aliphatic carbocycles. The second kappa shape index (κ2) is 7.69. The molecule has 1 heterocycles. The van der Waals surface area contributed by atoms with Gasteiger partial charge in [-0.05, 0) is 26.6 Å². The van der Waals surface area contributed by atoms with Gasteiger partial charge in [-0.1, -0.05) is 6.92 Å². The van der Waals surface area contributed by atoms with Crippen LogP contribution >= 0.6 is 0 Å². The van der Waals surface area contributed by atoms with E-state index in [0.717, 1.165) is 13.0 Å². The van der Waals surface area contributed by atoms with E-state index in [4.69, 9.17) is 5.73 Å². The lowest BCUT2D eigenvalue weighted by Gasteiger charge is -2.24. The summed E-state index contributed by atoms with van der Waals surface area (Å²) in [5, 5.41) is 0. The molecule has 0 radical (unpaired) electrons. The fraction of sp³-hybridized carbons (Fsp3) is 0.571. The predicted molar refractivity (Wildman–Crippen MR) is 80.5 cm³/mol. The molecule has 0 aromatic carbocycles. The molecule has 1 rings (SSSR count).